The predicted molar refractivity (Wildman–Crippen MR) is 111 cm³/mol. The molecule has 1 aromatic carbocycles. The number of ether oxygens (including phenoxy) is 1. The molecule has 26 heavy (non-hydrogen) atoms. The molecule has 0 spiro atoms. The number of aromatic amines is 1. The fraction of sp³-hybridized carbons (Fsp3) is 0.235. The number of hydrogen-bond donors (Lipinski definition) is 2. The monoisotopic (exact) mass is 497 g/mol. The molecule has 3 rings (SSSR count). The number of H-pyrrole nitrogens is 1. The summed E-state index contributed by atoms with van der Waals surface area (Å²) >= 11 is 12.5. The van der Waals surface area contributed by atoms with Crippen LogP contribution < -0.4 is 10.2 Å². The highest BCUT2D eigenvalue weighted by atomic mass is 79.9. The van der Waals surface area contributed by atoms with Gasteiger partial charge in [0.15, 0.2) is 5.82 Å². The van der Waals surface area contributed by atoms with E-state index >= 15 is 0 Å². The Bertz CT molecular complexity index is 919. The summed E-state index contributed by atoms with van der Waals surface area (Å²) in [5, 5.41) is 7.12. The van der Waals surface area contributed by atoms with E-state index < -0.39 is 0 Å². The van der Waals surface area contributed by atoms with E-state index in [1.807, 2.05) is 24.3 Å². The van der Waals surface area contributed by atoms with Crippen molar-refractivity contribution in [3.63, 3.8) is 0 Å². The minimum Gasteiger partial charge on any atom is -0.491 e. The van der Waals surface area contributed by atoms with Gasteiger partial charge in [-0.1, -0.05) is 6.92 Å². The van der Waals surface area contributed by atoms with Gasteiger partial charge in [-0.15, -0.1) is 0 Å². The van der Waals surface area contributed by atoms with Crippen molar-refractivity contribution in [3.8, 4) is 17.1 Å². The molecule has 9 heteroatoms. The van der Waals surface area contributed by atoms with Crippen LogP contribution in [0.2, 0.25) is 0 Å². The van der Waals surface area contributed by atoms with Gasteiger partial charge in [-0.25, -0.2) is 9.77 Å². The van der Waals surface area contributed by atoms with Gasteiger partial charge in [0.05, 0.1) is 22.1 Å². The maximum Gasteiger partial charge on any atom is 0.214 e. The summed E-state index contributed by atoms with van der Waals surface area (Å²) < 4.78 is 9.83. The molecule has 0 fully saturated rings. The molecule has 0 saturated carbocycles. The van der Waals surface area contributed by atoms with Crippen LogP contribution >= 0.6 is 44.1 Å². The second-order valence-electron chi connectivity index (χ2n) is 5.50. The lowest BCUT2D eigenvalue weighted by Gasteiger charge is -2.14. The van der Waals surface area contributed by atoms with E-state index in [-0.39, 0.29) is 0 Å². The topological polar surface area (TPSA) is 67.8 Å². The van der Waals surface area contributed by atoms with Crippen LogP contribution in [0.5, 0.6) is 5.75 Å². The molecule has 0 amide bonds. The van der Waals surface area contributed by atoms with Crippen LogP contribution in [-0.2, 0) is 6.54 Å². The summed E-state index contributed by atoms with van der Waals surface area (Å²) in [5.74, 6) is 1.52. The van der Waals surface area contributed by atoms with E-state index in [2.05, 4.69) is 59.4 Å². The Hall–Kier alpha value is -1.71. The second kappa shape index (κ2) is 8.79. The molecule has 2 heterocycles. The highest BCUT2D eigenvalue weighted by molar-refractivity contribution is 9.11. The van der Waals surface area contributed by atoms with E-state index in [4.69, 9.17) is 17.0 Å². The van der Waals surface area contributed by atoms with Crippen LogP contribution in [0.15, 0.2) is 45.6 Å². The first-order chi connectivity index (χ1) is 12.6. The second-order valence-corrected chi connectivity index (χ2v) is 7.59. The Labute approximate surface area is 173 Å². The molecule has 3 aromatic rings. The van der Waals surface area contributed by atoms with Gasteiger partial charge < -0.3 is 10.2 Å². The van der Waals surface area contributed by atoms with Gasteiger partial charge in [-0.05, 0) is 80.3 Å². The van der Waals surface area contributed by atoms with E-state index in [1.54, 1.807) is 17.1 Å². The van der Waals surface area contributed by atoms with E-state index in [9.17, 15) is 0 Å². The Balaban J connectivity index is 1.80. The van der Waals surface area contributed by atoms with Gasteiger partial charge >= 0.3 is 0 Å². The Morgan fingerprint density at radius 3 is 2.58 bits per heavy atom. The van der Waals surface area contributed by atoms with Gasteiger partial charge in [0.2, 0.25) is 4.77 Å². The third-order valence-corrected chi connectivity index (χ3v) is 5.01. The summed E-state index contributed by atoms with van der Waals surface area (Å²) in [6, 6.07) is 7.82. The Kier molecular flexibility index (Phi) is 6.44. The Morgan fingerprint density at radius 2 is 1.92 bits per heavy atom. The number of nitrogens with one attached hydrogen (secondary N) is 2. The number of halogens is 2. The minimum absolute atomic E-state index is 0.498. The fourth-order valence-electron chi connectivity index (χ4n) is 2.37. The zero-order chi connectivity index (χ0) is 18.5. The van der Waals surface area contributed by atoms with Crippen molar-refractivity contribution in [1.29, 1.82) is 0 Å². The van der Waals surface area contributed by atoms with Crippen molar-refractivity contribution in [2.45, 2.75) is 19.9 Å². The lowest BCUT2D eigenvalue weighted by Crippen LogP contribution is -2.16. The smallest absolute Gasteiger partial charge is 0.214 e. The standard InChI is InChI=1S/C17H17Br2N5OS/c1-2-7-25-15-13(18)8-11(9-14(15)19)10-21-24-16(22-23-17(24)26)12-3-5-20-6-4-12/h3-6,8-9,21H,2,7,10H2,1H3,(H,23,26). The molecule has 6 nitrogen and oxygen atoms in total. The quantitative estimate of drug-likeness (QED) is 0.445. The number of pyridine rings is 1. The average molecular weight is 499 g/mol. The van der Waals surface area contributed by atoms with Gasteiger partial charge in [-0.3, -0.25) is 4.98 Å². The summed E-state index contributed by atoms with van der Waals surface area (Å²) in [5.41, 5.74) is 5.30. The molecule has 0 atom stereocenters. The van der Waals surface area contributed by atoms with Crippen molar-refractivity contribution < 1.29 is 4.74 Å². The largest absolute Gasteiger partial charge is 0.491 e. The summed E-state index contributed by atoms with van der Waals surface area (Å²) in [6.45, 7) is 3.32. The summed E-state index contributed by atoms with van der Waals surface area (Å²) in [6.07, 6.45) is 4.40. The SMILES string of the molecule is CCCOc1c(Br)cc(CNn2c(-c3ccncc3)n[nH]c2=S)cc1Br. The van der Waals surface area contributed by atoms with Crippen LogP contribution in [0.4, 0.5) is 0 Å². The third kappa shape index (κ3) is 4.33. The molecule has 2 N–H and O–H groups in total. The molecule has 0 saturated heterocycles. The Morgan fingerprint density at radius 1 is 1.23 bits per heavy atom. The van der Waals surface area contributed by atoms with Crippen molar-refractivity contribution in [1.82, 2.24) is 19.9 Å². The highest BCUT2D eigenvalue weighted by Gasteiger charge is 2.11. The molecular weight excluding hydrogens is 482 g/mol. The first kappa shape index (κ1) is 19.1. The number of benzene rings is 1. The summed E-state index contributed by atoms with van der Waals surface area (Å²) in [7, 11) is 0. The molecule has 0 aliphatic rings. The van der Waals surface area contributed by atoms with Crippen LogP contribution in [0.25, 0.3) is 11.4 Å². The van der Waals surface area contributed by atoms with E-state index in [0.29, 0.717) is 23.7 Å². The number of hydrogen-bond acceptors (Lipinski definition) is 5. The first-order valence-corrected chi connectivity index (χ1v) is 10.0. The molecule has 0 bridgehead atoms. The minimum atomic E-state index is 0.498. The molecular formula is C17H17Br2N5OS. The highest BCUT2D eigenvalue weighted by Crippen LogP contribution is 2.35. The van der Waals surface area contributed by atoms with Gasteiger partial charge in [0.1, 0.15) is 5.75 Å². The number of nitrogens with zero attached hydrogens (tertiary/aromatic N) is 3. The molecule has 2 aromatic heterocycles. The maximum atomic E-state index is 5.76. The van der Waals surface area contributed by atoms with Crippen LogP contribution in [0.3, 0.4) is 0 Å². The summed E-state index contributed by atoms with van der Waals surface area (Å²) in [4.78, 5) is 4.03. The first-order valence-electron chi connectivity index (χ1n) is 8.02. The number of rotatable bonds is 7. The van der Waals surface area contributed by atoms with Crippen LogP contribution in [0.1, 0.15) is 18.9 Å². The molecule has 0 radical (unpaired) electrons. The van der Waals surface area contributed by atoms with Crippen molar-refractivity contribution >= 4 is 44.1 Å². The van der Waals surface area contributed by atoms with E-state index in [0.717, 1.165) is 32.2 Å². The molecule has 136 valence electrons. The average Bonchev–Trinajstić information content (AvgIpc) is 3.01. The van der Waals surface area contributed by atoms with Gasteiger partial charge in [0.25, 0.3) is 0 Å². The zero-order valence-corrected chi connectivity index (χ0v) is 18.0. The predicted octanol–water partition coefficient (Wildman–Crippen LogP) is 5.06. The molecule has 0 aliphatic carbocycles. The van der Waals surface area contributed by atoms with Crippen LogP contribution in [-0.4, -0.2) is 26.5 Å². The van der Waals surface area contributed by atoms with Crippen molar-refractivity contribution in [3.05, 3.63) is 55.9 Å². The van der Waals surface area contributed by atoms with Gasteiger partial charge in [-0.2, -0.15) is 5.10 Å². The fourth-order valence-corrected chi connectivity index (χ4v) is 4.07. The van der Waals surface area contributed by atoms with Gasteiger partial charge in [0, 0.05) is 18.0 Å². The normalized spacial score (nSPS) is 10.7. The van der Waals surface area contributed by atoms with Crippen molar-refractivity contribution in [2.24, 2.45) is 0 Å². The molecule has 0 aliphatic heterocycles. The lowest BCUT2D eigenvalue weighted by molar-refractivity contribution is 0.313. The zero-order valence-electron chi connectivity index (χ0n) is 14.0. The third-order valence-electron chi connectivity index (χ3n) is 3.56. The van der Waals surface area contributed by atoms with Crippen molar-refractivity contribution in [2.75, 3.05) is 12.0 Å². The lowest BCUT2D eigenvalue weighted by atomic mass is 10.2. The van der Waals surface area contributed by atoms with Crippen LogP contribution in [0, 0.1) is 4.77 Å². The maximum absolute atomic E-state index is 5.76. The molecule has 0 unspecified atom stereocenters. The van der Waals surface area contributed by atoms with E-state index in [1.165, 1.54) is 0 Å². The number of aromatic nitrogens is 4.